The first kappa shape index (κ1) is 17.7. The maximum Gasteiger partial charge on any atom is 0.230 e. The quantitative estimate of drug-likeness (QED) is 0.800. The Labute approximate surface area is 161 Å². The Kier molecular flexibility index (Phi) is 4.70. The van der Waals surface area contributed by atoms with E-state index in [4.69, 9.17) is 9.47 Å². The summed E-state index contributed by atoms with van der Waals surface area (Å²) in [5.74, 6) is 0.343. The van der Waals surface area contributed by atoms with E-state index in [2.05, 4.69) is 29.2 Å². The van der Waals surface area contributed by atoms with Gasteiger partial charge in [-0.3, -0.25) is 9.69 Å². The molecule has 1 amide bonds. The summed E-state index contributed by atoms with van der Waals surface area (Å²) >= 11 is 0. The summed E-state index contributed by atoms with van der Waals surface area (Å²) < 4.78 is 11.0. The number of carbonyl (C=O) groups excluding carboxylic acids is 1. The predicted molar refractivity (Wildman–Crippen MR) is 103 cm³/mol. The average molecular weight is 370 g/mol. The van der Waals surface area contributed by atoms with Crippen LogP contribution in [-0.4, -0.2) is 74.4 Å². The number of piperidine rings is 1. The van der Waals surface area contributed by atoms with Gasteiger partial charge in [-0.25, -0.2) is 0 Å². The highest BCUT2D eigenvalue weighted by atomic mass is 16.5. The molecule has 1 spiro atoms. The molecule has 3 heterocycles. The molecule has 3 fully saturated rings. The molecule has 1 aromatic carbocycles. The number of ether oxygens (including phenoxy) is 2. The van der Waals surface area contributed by atoms with E-state index in [9.17, 15) is 4.79 Å². The molecule has 4 aliphatic rings. The number of fused-ring (bicyclic) bond motifs is 2. The van der Waals surface area contributed by atoms with Gasteiger partial charge in [-0.2, -0.15) is 0 Å². The number of amides is 1. The third-order valence-corrected chi connectivity index (χ3v) is 7.30. The summed E-state index contributed by atoms with van der Waals surface area (Å²) in [6.45, 7) is 6.86. The Morgan fingerprint density at radius 3 is 2.52 bits per heavy atom. The van der Waals surface area contributed by atoms with Crippen LogP contribution in [0.25, 0.3) is 0 Å². The number of rotatable bonds is 2. The maximum atomic E-state index is 13.3. The zero-order valence-electron chi connectivity index (χ0n) is 16.1. The molecule has 2 atom stereocenters. The molecule has 0 radical (unpaired) electrons. The topological polar surface area (TPSA) is 42.0 Å². The summed E-state index contributed by atoms with van der Waals surface area (Å²) in [4.78, 5) is 18.0. The lowest BCUT2D eigenvalue weighted by Crippen LogP contribution is -2.47. The molecular weight excluding hydrogens is 340 g/mol. The minimum atomic E-state index is 0.0284. The number of carbonyl (C=O) groups is 1. The van der Waals surface area contributed by atoms with Crippen LogP contribution in [0.2, 0.25) is 0 Å². The van der Waals surface area contributed by atoms with Crippen LogP contribution in [0.15, 0.2) is 24.3 Å². The van der Waals surface area contributed by atoms with E-state index in [1.165, 1.54) is 17.5 Å². The molecule has 5 rings (SSSR count). The maximum absolute atomic E-state index is 13.3. The summed E-state index contributed by atoms with van der Waals surface area (Å²) in [7, 11) is 0. The van der Waals surface area contributed by atoms with Crippen LogP contribution in [0.4, 0.5) is 0 Å². The number of morpholine rings is 1. The lowest BCUT2D eigenvalue weighted by molar-refractivity contribution is -0.137. The Morgan fingerprint density at radius 2 is 1.78 bits per heavy atom. The molecule has 3 aliphatic heterocycles. The molecule has 3 saturated heterocycles. The Bertz CT molecular complexity index is 687. The van der Waals surface area contributed by atoms with Crippen molar-refractivity contribution >= 4 is 5.91 Å². The van der Waals surface area contributed by atoms with Crippen LogP contribution in [0.1, 0.15) is 42.7 Å². The molecule has 2 unspecified atom stereocenters. The fourth-order valence-electron chi connectivity index (χ4n) is 5.72. The van der Waals surface area contributed by atoms with Gasteiger partial charge in [0.15, 0.2) is 0 Å². The van der Waals surface area contributed by atoms with Crippen LogP contribution in [0, 0.1) is 0 Å². The van der Waals surface area contributed by atoms with Gasteiger partial charge in [0.05, 0.1) is 25.7 Å². The van der Waals surface area contributed by atoms with E-state index < -0.39 is 0 Å². The van der Waals surface area contributed by atoms with Gasteiger partial charge in [-0.05, 0) is 55.3 Å². The van der Waals surface area contributed by atoms with Crippen molar-refractivity contribution < 1.29 is 14.3 Å². The highest BCUT2D eigenvalue weighted by Crippen LogP contribution is 2.52. The molecule has 27 heavy (non-hydrogen) atoms. The molecule has 1 aliphatic carbocycles. The molecule has 0 saturated carbocycles. The smallest absolute Gasteiger partial charge is 0.230 e. The van der Waals surface area contributed by atoms with E-state index in [-0.39, 0.29) is 11.3 Å². The fraction of sp³-hybridized carbons (Fsp3) is 0.682. The summed E-state index contributed by atoms with van der Waals surface area (Å²) in [5, 5.41) is 0. The number of benzene rings is 1. The van der Waals surface area contributed by atoms with Crippen molar-refractivity contribution in [2.24, 2.45) is 0 Å². The van der Waals surface area contributed by atoms with E-state index >= 15 is 0 Å². The Morgan fingerprint density at radius 1 is 1.00 bits per heavy atom. The van der Waals surface area contributed by atoms with E-state index in [1.807, 2.05) is 4.90 Å². The second kappa shape index (κ2) is 7.19. The molecule has 0 aromatic heterocycles. The van der Waals surface area contributed by atoms with Gasteiger partial charge in [0.2, 0.25) is 5.91 Å². The first-order valence-electron chi connectivity index (χ1n) is 10.5. The van der Waals surface area contributed by atoms with Crippen molar-refractivity contribution in [3.63, 3.8) is 0 Å². The molecule has 5 nitrogen and oxygen atoms in total. The van der Waals surface area contributed by atoms with E-state index in [0.29, 0.717) is 25.2 Å². The van der Waals surface area contributed by atoms with E-state index in [0.717, 1.165) is 58.7 Å². The van der Waals surface area contributed by atoms with Crippen LogP contribution in [-0.2, 0) is 19.7 Å². The predicted octanol–water partition coefficient (Wildman–Crippen LogP) is 2.16. The zero-order valence-corrected chi connectivity index (χ0v) is 16.1. The van der Waals surface area contributed by atoms with Crippen molar-refractivity contribution in [2.45, 2.75) is 43.1 Å². The third kappa shape index (κ3) is 3.10. The lowest BCUT2D eigenvalue weighted by atomic mass is 9.73. The largest absolute Gasteiger partial charge is 0.380 e. The lowest BCUT2D eigenvalue weighted by Gasteiger charge is -2.42. The number of likely N-dealkylation sites (tertiary alicyclic amines) is 1. The van der Waals surface area contributed by atoms with Gasteiger partial charge in [-0.1, -0.05) is 24.3 Å². The van der Waals surface area contributed by atoms with Crippen molar-refractivity contribution in [1.82, 2.24) is 9.80 Å². The Hall–Kier alpha value is -1.43. The van der Waals surface area contributed by atoms with Gasteiger partial charge < -0.3 is 14.4 Å². The van der Waals surface area contributed by atoms with Crippen LogP contribution >= 0.6 is 0 Å². The first-order chi connectivity index (χ1) is 13.3. The van der Waals surface area contributed by atoms with Crippen molar-refractivity contribution in [3.05, 3.63) is 35.4 Å². The van der Waals surface area contributed by atoms with Gasteiger partial charge in [0.1, 0.15) is 0 Å². The highest BCUT2D eigenvalue weighted by Gasteiger charge is 2.48. The minimum absolute atomic E-state index is 0.0284. The van der Waals surface area contributed by atoms with Gasteiger partial charge in [-0.15, -0.1) is 0 Å². The number of hydrogen-bond donors (Lipinski definition) is 0. The number of hydrogen-bond acceptors (Lipinski definition) is 4. The monoisotopic (exact) mass is 370 g/mol. The molecule has 1 aromatic rings. The summed E-state index contributed by atoms with van der Waals surface area (Å²) in [6, 6.07) is 9.34. The van der Waals surface area contributed by atoms with Crippen molar-refractivity contribution in [2.75, 3.05) is 52.6 Å². The summed E-state index contributed by atoms with van der Waals surface area (Å²) in [6.07, 6.45) is 4.47. The molecule has 146 valence electrons. The van der Waals surface area contributed by atoms with Crippen LogP contribution in [0.3, 0.4) is 0 Å². The average Bonchev–Trinajstić information content (AvgIpc) is 3.37. The second-order valence-corrected chi connectivity index (χ2v) is 8.62. The highest BCUT2D eigenvalue weighted by molar-refractivity contribution is 5.86. The fourth-order valence-corrected chi connectivity index (χ4v) is 5.72. The normalized spacial score (nSPS) is 30.6. The third-order valence-electron chi connectivity index (χ3n) is 7.30. The van der Waals surface area contributed by atoms with E-state index in [1.54, 1.807) is 0 Å². The van der Waals surface area contributed by atoms with Crippen molar-refractivity contribution in [3.8, 4) is 0 Å². The van der Waals surface area contributed by atoms with Crippen molar-refractivity contribution in [1.29, 1.82) is 0 Å². The minimum Gasteiger partial charge on any atom is -0.380 e. The molecular formula is C22H30N2O3. The number of nitrogens with zero attached hydrogens (tertiary/aromatic N) is 2. The van der Waals surface area contributed by atoms with Crippen LogP contribution < -0.4 is 0 Å². The van der Waals surface area contributed by atoms with Gasteiger partial charge in [0.25, 0.3) is 0 Å². The summed E-state index contributed by atoms with van der Waals surface area (Å²) in [5.41, 5.74) is 2.91. The second-order valence-electron chi connectivity index (χ2n) is 8.62. The standard InChI is InChI=1S/C22H30N2O3/c25-21(24-10-13-26-14-11-24)19-15-22(20-4-2-1-3-18(19)20)6-8-23(9-7-22)17-5-12-27-16-17/h1-4,17,19H,5-16H2. The van der Waals surface area contributed by atoms with Gasteiger partial charge in [0, 0.05) is 25.7 Å². The first-order valence-corrected chi connectivity index (χ1v) is 10.5. The zero-order chi connectivity index (χ0) is 18.3. The van der Waals surface area contributed by atoms with Crippen LogP contribution in [0.5, 0.6) is 0 Å². The SMILES string of the molecule is O=C(C1CC2(CCN(C3CCOC3)CC2)c2ccccc21)N1CCOCC1. The molecule has 0 N–H and O–H groups in total. The molecule has 5 heteroatoms. The van der Waals surface area contributed by atoms with Gasteiger partial charge >= 0.3 is 0 Å². The molecule has 0 bridgehead atoms. The Balaban J connectivity index is 1.36.